The highest BCUT2D eigenvalue weighted by Crippen LogP contribution is 2.33. The minimum atomic E-state index is -0.392. The molecule has 178 valence electrons. The van der Waals surface area contributed by atoms with E-state index in [1.54, 1.807) is 36.3 Å². The molecule has 1 amide bonds. The lowest BCUT2D eigenvalue weighted by Crippen LogP contribution is -2.39. The first-order chi connectivity index (χ1) is 15.6. The molecular weight excluding hydrogens is 469 g/mol. The molecule has 0 atom stereocenters. The van der Waals surface area contributed by atoms with Crippen molar-refractivity contribution in [2.45, 2.75) is 6.42 Å². The van der Waals surface area contributed by atoms with Crippen molar-refractivity contribution in [3.05, 3.63) is 47.8 Å². The van der Waals surface area contributed by atoms with Gasteiger partial charge in [-0.15, -0.1) is 12.4 Å². The van der Waals surface area contributed by atoms with E-state index < -0.39 is 5.82 Å². The summed E-state index contributed by atoms with van der Waals surface area (Å²) in [6.07, 6.45) is 0.761. The highest BCUT2D eigenvalue weighted by atomic mass is 35.5. The summed E-state index contributed by atoms with van der Waals surface area (Å²) in [4.78, 5) is 21.9. The number of para-hydroxylation sites is 1. The number of ether oxygens (including phenoxy) is 3. The second-order valence-corrected chi connectivity index (χ2v) is 8.43. The molecule has 7 nitrogen and oxygen atoms in total. The number of benzene rings is 2. The van der Waals surface area contributed by atoms with Crippen LogP contribution in [0.25, 0.3) is 10.2 Å². The molecule has 1 aromatic heterocycles. The summed E-state index contributed by atoms with van der Waals surface area (Å²) >= 11 is 1.31. The van der Waals surface area contributed by atoms with E-state index in [0.717, 1.165) is 39.3 Å². The van der Waals surface area contributed by atoms with Crippen molar-refractivity contribution in [2.75, 3.05) is 58.5 Å². The average molecular weight is 496 g/mol. The minimum Gasteiger partial charge on any atom is -0.493 e. The molecule has 1 aliphatic heterocycles. The zero-order valence-corrected chi connectivity index (χ0v) is 20.2. The van der Waals surface area contributed by atoms with Crippen molar-refractivity contribution in [1.29, 1.82) is 0 Å². The maximum absolute atomic E-state index is 14.3. The SMILES string of the molecule is COc1ccc(C(=O)N(CCCN2CCOCC2)c2nc3c(F)cccc3s2)cc1OC.Cl. The van der Waals surface area contributed by atoms with Crippen LogP contribution in [0.3, 0.4) is 0 Å². The van der Waals surface area contributed by atoms with E-state index >= 15 is 0 Å². The topological polar surface area (TPSA) is 64.1 Å². The van der Waals surface area contributed by atoms with Crippen LogP contribution in [0.4, 0.5) is 9.52 Å². The van der Waals surface area contributed by atoms with Crippen molar-refractivity contribution < 1.29 is 23.4 Å². The van der Waals surface area contributed by atoms with Crippen molar-refractivity contribution in [2.24, 2.45) is 0 Å². The van der Waals surface area contributed by atoms with Gasteiger partial charge >= 0.3 is 0 Å². The maximum atomic E-state index is 14.3. The van der Waals surface area contributed by atoms with Gasteiger partial charge in [-0.3, -0.25) is 14.6 Å². The second-order valence-electron chi connectivity index (χ2n) is 7.42. The predicted octanol–water partition coefficient (Wildman–Crippen LogP) is 4.24. The molecule has 0 aliphatic carbocycles. The number of carbonyl (C=O) groups is 1. The number of amides is 1. The Morgan fingerprint density at radius 3 is 2.64 bits per heavy atom. The van der Waals surface area contributed by atoms with Crippen LogP contribution in [0.1, 0.15) is 16.8 Å². The molecule has 2 aromatic carbocycles. The number of anilines is 1. The molecule has 0 unspecified atom stereocenters. The zero-order valence-electron chi connectivity index (χ0n) is 18.6. The fourth-order valence-electron chi connectivity index (χ4n) is 3.71. The number of hydrogen-bond donors (Lipinski definition) is 0. The molecule has 1 fully saturated rings. The summed E-state index contributed by atoms with van der Waals surface area (Å²) in [5, 5.41) is 0.479. The number of halogens is 2. The summed E-state index contributed by atoms with van der Waals surface area (Å²) in [5.74, 6) is 0.413. The van der Waals surface area contributed by atoms with Crippen LogP contribution in [-0.2, 0) is 4.74 Å². The number of rotatable bonds is 8. The summed E-state index contributed by atoms with van der Waals surface area (Å²) in [6, 6.07) is 9.91. The van der Waals surface area contributed by atoms with E-state index in [1.807, 2.05) is 6.07 Å². The van der Waals surface area contributed by atoms with Gasteiger partial charge in [-0.1, -0.05) is 17.4 Å². The molecule has 4 rings (SSSR count). The molecule has 33 heavy (non-hydrogen) atoms. The molecular formula is C23H27ClFN3O4S. The summed E-state index contributed by atoms with van der Waals surface area (Å²) in [5.41, 5.74) is 0.736. The van der Waals surface area contributed by atoms with Crippen molar-refractivity contribution in [3.8, 4) is 11.5 Å². The third-order valence-corrected chi connectivity index (χ3v) is 6.47. The summed E-state index contributed by atoms with van der Waals surface area (Å²) in [6.45, 7) is 4.53. The Balaban J connectivity index is 0.00000306. The maximum Gasteiger partial charge on any atom is 0.260 e. The fourth-order valence-corrected chi connectivity index (χ4v) is 4.71. The zero-order chi connectivity index (χ0) is 22.5. The van der Waals surface area contributed by atoms with Crippen LogP contribution in [0.15, 0.2) is 36.4 Å². The van der Waals surface area contributed by atoms with Crippen molar-refractivity contribution >= 4 is 45.0 Å². The fraction of sp³-hybridized carbons (Fsp3) is 0.391. The molecule has 0 radical (unpaired) electrons. The Hall–Kier alpha value is -2.46. The predicted molar refractivity (Wildman–Crippen MR) is 130 cm³/mol. The number of aromatic nitrogens is 1. The van der Waals surface area contributed by atoms with Crippen LogP contribution >= 0.6 is 23.7 Å². The Bertz CT molecular complexity index is 1090. The average Bonchev–Trinajstić information content (AvgIpc) is 3.27. The lowest BCUT2D eigenvalue weighted by molar-refractivity contribution is 0.0376. The van der Waals surface area contributed by atoms with Crippen LogP contribution in [0, 0.1) is 5.82 Å². The van der Waals surface area contributed by atoms with Gasteiger partial charge in [0.25, 0.3) is 5.91 Å². The highest BCUT2D eigenvalue weighted by molar-refractivity contribution is 7.22. The van der Waals surface area contributed by atoms with Crippen LogP contribution in [-0.4, -0.2) is 69.4 Å². The van der Waals surface area contributed by atoms with E-state index in [9.17, 15) is 9.18 Å². The van der Waals surface area contributed by atoms with Gasteiger partial charge in [0.15, 0.2) is 16.6 Å². The normalized spacial score (nSPS) is 14.0. The third kappa shape index (κ3) is 5.73. The molecule has 2 heterocycles. The first-order valence-corrected chi connectivity index (χ1v) is 11.3. The van der Waals surface area contributed by atoms with Gasteiger partial charge in [0.1, 0.15) is 11.3 Å². The molecule has 0 bridgehead atoms. The quantitative estimate of drug-likeness (QED) is 0.465. The van der Waals surface area contributed by atoms with Gasteiger partial charge in [0.2, 0.25) is 0 Å². The summed E-state index contributed by atoms with van der Waals surface area (Å²) in [7, 11) is 3.08. The number of carbonyl (C=O) groups excluding carboxylic acids is 1. The highest BCUT2D eigenvalue weighted by Gasteiger charge is 2.23. The number of fused-ring (bicyclic) bond motifs is 1. The van der Waals surface area contributed by atoms with Gasteiger partial charge in [0, 0.05) is 31.7 Å². The monoisotopic (exact) mass is 495 g/mol. The Kier molecular flexibility index (Phi) is 8.85. The lowest BCUT2D eigenvalue weighted by Gasteiger charge is -2.27. The molecule has 0 N–H and O–H groups in total. The van der Waals surface area contributed by atoms with E-state index in [2.05, 4.69) is 9.88 Å². The molecule has 1 aliphatic rings. The standard InChI is InChI=1S/C23H26FN3O4S.ClH/c1-29-18-8-7-16(15-19(18)30-2)22(28)27(10-4-9-26-11-13-31-14-12-26)23-25-21-17(24)5-3-6-20(21)32-23;/h3,5-8,15H,4,9-14H2,1-2H3;1H. The van der Waals surface area contributed by atoms with E-state index in [0.29, 0.717) is 33.4 Å². The number of nitrogens with zero attached hydrogens (tertiary/aromatic N) is 3. The van der Waals surface area contributed by atoms with Crippen LogP contribution in [0.2, 0.25) is 0 Å². The largest absolute Gasteiger partial charge is 0.493 e. The Morgan fingerprint density at radius 2 is 1.94 bits per heavy atom. The second kappa shape index (κ2) is 11.6. The van der Waals surface area contributed by atoms with Gasteiger partial charge in [0.05, 0.1) is 32.1 Å². The van der Waals surface area contributed by atoms with E-state index in [1.165, 1.54) is 24.5 Å². The summed E-state index contributed by atoms with van der Waals surface area (Å²) < 4.78 is 31.0. The molecule has 1 saturated heterocycles. The van der Waals surface area contributed by atoms with Crippen molar-refractivity contribution in [3.63, 3.8) is 0 Å². The number of thiazole rings is 1. The van der Waals surface area contributed by atoms with Gasteiger partial charge in [-0.25, -0.2) is 9.37 Å². The van der Waals surface area contributed by atoms with Gasteiger partial charge < -0.3 is 14.2 Å². The smallest absolute Gasteiger partial charge is 0.260 e. The third-order valence-electron chi connectivity index (χ3n) is 5.42. The number of hydrogen-bond acceptors (Lipinski definition) is 7. The van der Waals surface area contributed by atoms with Gasteiger partial charge in [-0.2, -0.15) is 0 Å². The molecule has 0 saturated carbocycles. The van der Waals surface area contributed by atoms with Gasteiger partial charge in [-0.05, 0) is 36.8 Å². The minimum absolute atomic E-state index is 0. The molecule has 0 spiro atoms. The Labute approximate surface area is 202 Å². The lowest BCUT2D eigenvalue weighted by atomic mass is 10.1. The molecule has 10 heteroatoms. The number of methoxy groups -OCH3 is 2. The van der Waals surface area contributed by atoms with Crippen LogP contribution < -0.4 is 14.4 Å². The first kappa shape index (κ1) is 25.2. The molecule has 3 aromatic rings. The Morgan fingerprint density at radius 1 is 1.18 bits per heavy atom. The first-order valence-electron chi connectivity index (χ1n) is 10.5. The van der Waals surface area contributed by atoms with E-state index in [-0.39, 0.29) is 23.8 Å². The van der Waals surface area contributed by atoms with Crippen molar-refractivity contribution in [1.82, 2.24) is 9.88 Å². The van der Waals surface area contributed by atoms with Crippen LogP contribution in [0.5, 0.6) is 11.5 Å². The number of morpholine rings is 1. The van der Waals surface area contributed by atoms with E-state index in [4.69, 9.17) is 14.2 Å².